The van der Waals surface area contributed by atoms with E-state index in [2.05, 4.69) is 55.6 Å². The molecule has 0 radical (unpaired) electrons. The van der Waals surface area contributed by atoms with Gasteiger partial charge in [0.1, 0.15) is 13.2 Å². The molecule has 0 saturated carbocycles. The van der Waals surface area contributed by atoms with Crippen LogP contribution in [0.15, 0.2) is 48.6 Å². The first kappa shape index (κ1) is 64.5. The zero-order chi connectivity index (χ0) is 48.5. The van der Waals surface area contributed by atoms with Crippen LogP contribution >= 0.6 is 7.82 Å². The molecule has 0 rings (SSSR count). The van der Waals surface area contributed by atoms with Gasteiger partial charge in [0.05, 0.1) is 39.9 Å². The van der Waals surface area contributed by atoms with Gasteiger partial charge in [0.25, 0.3) is 0 Å². The summed E-state index contributed by atoms with van der Waals surface area (Å²) < 4.78 is 23.7. The standard InChI is InChI=1S/C57H109N2O6P/c1-6-8-10-12-14-16-18-20-22-24-26-28-29-30-31-33-35-37-39-41-43-45-47-49-51-57(61)58-55(54-65-66(62,63)64-53-52-59(3,4)5)56(60)50-48-46-44-42-40-38-36-34-32-27-25-23-21-19-17-15-13-11-9-7-2/h30-32,34,40,42,48,50,55-56,60H,6-29,33,35-39,41,43-47,49,51-54H2,1-5H3,(H-,58,61,62,63)/p+1/b31-30-,34-32+,42-40+,50-48+. The predicted octanol–water partition coefficient (Wildman–Crippen LogP) is 16.8. The number of nitrogens with one attached hydrogen (secondary N) is 1. The van der Waals surface area contributed by atoms with Gasteiger partial charge in [-0.05, 0) is 70.6 Å². The Balaban J connectivity index is 4.30. The number of rotatable bonds is 51. The zero-order valence-electron chi connectivity index (χ0n) is 44.2. The molecule has 0 spiro atoms. The molecule has 0 bridgehead atoms. The second kappa shape index (κ2) is 48.5. The Morgan fingerprint density at radius 1 is 0.500 bits per heavy atom. The van der Waals surface area contributed by atoms with Gasteiger partial charge in [0.15, 0.2) is 0 Å². The van der Waals surface area contributed by atoms with Crippen molar-refractivity contribution in [2.75, 3.05) is 40.9 Å². The molecular formula is C57H110N2O6P+. The molecule has 0 aliphatic carbocycles. The molecule has 66 heavy (non-hydrogen) atoms. The normalized spacial score (nSPS) is 14.3. The number of aliphatic hydroxyl groups is 1. The molecule has 3 unspecified atom stereocenters. The molecular weight excluding hydrogens is 840 g/mol. The highest BCUT2D eigenvalue weighted by Crippen LogP contribution is 2.43. The number of carbonyl (C=O) groups excluding carboxylic acids is 1. The van der Waals surface area contributed by atoms with E-state index in [0.29, 0.717) is 17.4 Å². The number of allylic oxidation sites excluding steroid dienone is 7. The van der Waals surface area contributed by atoms with Crippen LogP contribution in [0.25, 0.3) is 0 Å². The molecule has 0 heterocycles. The van der Waals surface area contributed by atoms with Gasteiger partial charge in [-0.3, -0.25) is 13.8 Å². The lowest BCUT2D eigenvalue weighted by atomic mass is 10.0. The number of likely N-dealkylation sites (N-methyl/N-ethyl adjacent to an activating group) is 1. The Bertz CT molecular complexity index is 1210. The third-order valence-corrected chi connectivity index (χ3v) is 13.5. The number of amides is 1. The van der Waals surface area contributed by atoms with Gasteiger partial charge in [-0.15, -0.1) is 0 Å². The molecule has 3 N–H and O–H groups in total. The van der Waals surface area contributed by atoms with Crippen LogP contribution in [0.5, 0.6) is 0 Å². The fraction of sp³-hybridized carbons (Fsp3) is 0.842. The number of aliphatic hydroxyl groups excluding tert-OH is 1. The van der Waals surface area contributed by atoms with Crippen LogP contribution in [0.1, 0.15) is 258 Å². The van der Waals surface area contributed by atoms with Gasteiger partial charge < -0.3 is 19.8 Å². The molecule has 388 valence electrons. The van der Waals surface area contributed by atoms with Crippen LogP contribution in [0, 0.1) is 0 Å². The van der Waals surface area contributed by atoms with Gasteiger partial charge in [-0.25, -0.2) is 4.57 Å². The van der Waals surface area contributed by atoms with Gasteiger partial charge >= 0.3 is 7.82 Å². The number of nitrogens with zero attached hydrogens (tertiary/aromatic N) is 1. The molecule has 3 atom stereocenters. The van der Waals surface area contributed by atoms with Crippen molar-refractivity contribution in [1.29, 1.82) is 0 Å². The first-order valence-electron chi connectivity index (χ1n) is 28.0. The highest BCUT2D eigenvalue weighted by atomic mass is 31.2. The van der Waals surface area contributed by atoms with E-state index in [9.17, 15) is 19.4 Å². The number of carbonyl (C=O) groups is 1. The molecule has 0 saturated heterocycles. The van der Waals surface area contributed by atoms with E-state index in [1.165, 1.54) is 193 Å². The lowest BCUT2D eigenvalue weighted by Crippen LogP contribution is -2.45. The molecule has 0 aromatic carbocycles. The Kier molecular flexibility index (Phi) is 47.4. The van der Waals surface area contributed by atoms with Crippen molar-refractivity contribution in [1.82, 2.24) is 5.32 Å². The quantitative estimate of drug-likeness (QED) is 0.0243. The van der Waals surface area contributed by atoms with E-state index >= 15 is 0 Å². The van der Waals surface area contributed by atoms with E-state index in [1.807, 2.05) is 27.2 Å². The van der Waals surface area contributed by atoms with Crippen LogP contribution in [-0.2, 0) is 18.4 Å². The molecule has 8 nitrogen and oxygen atoms in total. The van der Waals surface area contributed by atoms with E-state index < -0.39 is 20.0 Å². The fourth-order valence-electron chi connectivity index (χ4n) is 8.07. The average Bonchev–Trinajstić information content (AvgIpc) is 3.28. The minimum atomic E-state index is -4.36. The Hall–Kier alpha value is -1.54. The van der Waals surface area contributed by atoms with Crippen molar-refractivity contribution in [3.05, 3.63) is 48.6 Å². The summed E-state index contributed by atoms with van der Waals surface area (Å²) >= 11 is 0. The second-order valence-corrected chi connectivity index (χ2v) is 21.7. The third-order valence-electron chi connectivity index (χ3n) is 12.5. The van der Waals surface area contributed by atoms with Crippen LogP contribution < -0.4 is 5.32 Å². The van der Waals surface area contributed by atoms with Crippen molar-refractivity contribution < 1.29 is 32.9 Å². The van der Waals surface area contributed by atoms with E-state index in [-0.39, 0.29) is 19.1 Å². The van der Waals surface area contributed by atoms with E-state index in [1.54, 1.807) is 6.08 Å². The van der Waals surface area contributed by atoms with Crippen molar-refractivity contribution in [3.63, 3.8) is 0 Å². The molecule has 0 aliphatic rings. The Morgan fingerprint density at radius 3 is 1.21 bits per heavy atom. The summed E-state index contributed by atoms with van der Waals surface area (Å²) in [4.78, 5) is 23.3. The highest BCUT2D eigenvalue weighted by molar-refractivity contribution is 7.47. The molecule has 1 amide bonds. The first-order chi connectivity index (χ1) is 32.0. The van der Waals surface area contributed by atoms with Crippen LogP contribution in [-0.4, -0.2) is 73.4 Å². The predicted molar refractivity (Wildman–Crippen MR) is 286 cm³/mol. The molecule has 9 heteroatoms. The van der Waals surface area contributed by atoms with Crippen molar-refractivity contribution in [2.45, 2.75) is 270 Å². The molecule has 0 aromatic rings. The van der Waals surface area contributed by atoms with Gasteiger partial charge in [0, 0.05) is 6.42 Å². The summed E-state index contributed by atoms with van der Waals surface area (Å²) in [6.07, 6.45) is 63.5. The SMILES string of the molecule is CCCCCCCCCCCC/C=C/CC/C=C/CC/C=C/C(O)C(COP(=O)(O)OCC[N+](C)(C)C)NC(=O)CCCCCCCCCC/C=C\CCCCCCCCCCCCCC. The smallest absolute Gasteiger partial charge is 0.387 e. The minimum absolute atomic E-state index is 0.0525. The Labute approximate surface area is 409 Å². The number of phosphoric acid groups is 1. The maximum Gasteiger partial charge on any atom is 0.472 e. The summed E-state index contributed by atoms with van der Waals surface area (Å²) in [5, 5.41) is 13.9. The number of phosphoric ester groups is 1. The summed E-state index contributed by atoms with van der Waals surface area (Å²) in [5.41, 5.74) is 0. The van der Waals surface area contributed by atoms with Gasteiger partial charge in [-0.2, -0.15) is 0 Å². The van der Waals surface area contributed by atoms with Crippen molar-refractivity contribution in [3.8, 4) is 0 Å². The number of hydrogen-bond donors (Lipinski definition) is 3. The summed E-state index contributed by atoms with van der Waals surface area (Å²) in [5.74, 6) is -0.192. The maximum atomic E-state index is 13.0. The average molecular weight is 950 g/mol. The fourth-order valence-corrected chi connectivity index (χ4v) is 8.81. The monoisotopic (exact) mass is 950 g/mol. The molecule has 0 aliphatic heterocycles. The summed E-state index contributed by atoms with van der Waals surface area (Å²) in [6, 6.07) is -0.872. The van der Waals surface area contributed by atoms with E-state index in [4.69, 9.17) is 9.05 Å². The van der Waals surface area contributed by atoms with Gasteiger partial charge in [-0.1, -0.05) is 229 Å². The van der Waals surface area contributed by atoms with Crippen molar-refractivity contribution in [2.24, 2.45) is 0 Å². The van der Waals surface area contributed by atoms with Crippen LogP contribution in [0.3, 0.4) is 0 Å². The topological polar surface area (TPSA) is 105 Å². The maximum absolute atomic E-state index is 13.0. The van der Waals surface area contributed by atoms with Crippen molar-refractivity contribution >= 4 is 13.7 Å². The summed E-state index contributed by atoms with van der Waals surface area (Å²) in [6.45, 7) is 4.81. The highest BCUT2D eigenvalue weighted by Gasteiger charge is 2.27. The lowest BCUT2D eigenvalue weighted by molar-refractivity contribution is -0.870. The Morgan fingerprint density at radius 2 is 0.833 bits per heavy atom. The first-order valence-corrected chi connectivity index (χ1v) is 29.5. The third kappa shape index (κ3) is 50.3. The van der Waals surface area contributed by atoms with E-state index in [0.717, 1.165) is 44.9 Å². The number of unbranched alkanes of at least 4 members (excludes halogenated alkanes) is 32. The number of quaternary nitrogens is 1. The largest absolute Gasteiger partial charge is 0.472 e. The van der Waals surface area contributed by atoms with Gasteiger partial charge in [0.2, 0.25) is 5.91 Å². The van der Waals surface area contributed by atoms with Crippen LogP contribution in [0.2, 0.25) is 0 Å². The molecule has 0 fully saturated rings. The number of hydrogen-bond acceptors (Lipinski definition) is 5. The lowest BCUT2D eigenvalue weighted by Gasteiger charge is -2.25. The second-order valence-electron chi connectivity index (χ2n) is 20.3. The zero-order valence-corrected chi connectivity index (χ0v) is 45.1. The minimum Gasteiger partial charge on any atom is -0.387 e. The molecule has 0 aromatic heterocycles. The summed E-state index contributed by atoms with van der Waals surface area (Å²) in [7, 11) is 1.55. The van der Waals surface area contributed by atoms with Crippen LogP contribution in [0.4, 0.5) is 0 Å².